The highest BCUT2D eigenvalue weighted by atomic mass is 19.4. The van der Waals surface area contributed by atoms with Gasteiger partial charge in [-0.05, 0) is 0 Å². The number of halogens is 6. The third kappa shape index (κ3) is 12.8. The molecule has 1 rings (SSSR count). The van der Waals surface area contributed by atoms with Crippen LogP contribution in [0.3, 0.4) is 0 Å². The van der Waals surface area contributed by atoms with Gasteiger partial charge < -0.3 is 43.8 Å². The first-order chi connectivity index (χ1) is 15.4. The monoisotopic (exact) mass is 510 g/mol. The molecule has 0 bridgehead atoms. The van der Waals surface area contributed by atoms with Gasteiger partial charge in [0.05, 0.1) is 0 Å². The number of aliphatic carboxylic acids is 2. The van der Waals surface area contributed by atoms with Crippen molar-refractivity contribution in [2.45, 2.75) is 12.4 Å². The summed E-state index contributed by atoms with van der Waals surface area (Å²) in [5.74, 6) is -7.00. The van der Waals surface area contributed by atoms with Crippen molar-refractivity contribution in [2.24, 2.45) is 11.5 Å². The SMILES string of the molecule is NCCNC(=O)c1nc(N)c(C(=O)NCCN)nc1N.O=C(O)C(F)(F)F.O=C(O)C(F)(F)F. The number of nitrogens with zero attached hydrogens (tertiary/aromatic N) is 2. The van der Waals surface area contributed by atoms with E-state index in [0.29, 0.717) is 0 Å². The number of nitrogens with one attached hydrogen (secondary N) is 2. The molecule has 0 saturated carbocycles. The summed E-state index contributed by atoms with van der Waals surface area (Å²) in [6, 6.07) is 0. The normalized spacial score (nSPS) is 10.6. The van der Waals surface area contributed by atoms with Gasteiger partial charge in [-0.2, -0.15) is 26.3 Å². The van der Waals surface area contributed by atoms with Crippen molar-refractivity contribution < 1.29 is 55.7 Å². The van der Waals surface area contributed by atoms with E-state index in [-0.39, 0.29) is 49.2 Å². The fraction of sp³-hybridized carbons (Fsp3) is 0.429. The Labute approximate surface area is 185 Å². The summed E-state index contributed by atoms with van der Waals surface area (Å²) >= 11 is 0. The number of nitrogen functional groups attached to an aromatic ring is 2. The lowest BCUT2D eigenvalue weighted by molar-refractivity contribution is -0.193. The van der Waals surface area contributed by atoms with E-state index in [9.17, 15) is 35.9 Å². The van der Waals surface area contributed by atoms with E-state index in [1.807, 2.05) is 0 Å². The van der Waals surface area contributed by atoms with Gasteiger partial charge in [-0.3, -0.25) is 9.59 Å². The van der Waals surface area contributed by atoms with Crippen molar-refractivity contribution in [1.29, 1.82) is 0 Å². The molecule has 0 aliphatic heterocycles. The maximum Gasteiger partial charge on any atom is 0.490 e. The number of carboxylic acids is 2. The van der Waals surface area contributed by atoms with Gasteiger partial charge in [0.1, 0.15) is 0 Å². The van der Waals surface area contributed by atoms with E-state index in [2.05, 4.69) is 20.6 Å². The van der Waals surface area contributed by atoms with Crippen LogP contribution < -0.4 is 33.6 Å². The first kappa shape index (κ1) is 32.2. The summed E-state index contributed by atoms with van der Waals surface area (Å²) < 4.78 is 63.5. The highest BCUT2D eigenvalue weighted by Crippen LogP contribution is 2.14. The topological polar surface area (TPSA) is 263 Å². The van der Waals surface area contributed by atoms with Crippen molar-refractivity contribution in [3.05, 3.63) is 11.4 Å². The minimum Gasteiger partial charge on any atom is -0.475 e. The molecule has 0 unspecified atom stereocenters. The maximum absolute atomic E-state index is 11.7. The highest BCUT2D eigenvalue weighted by Gasteiger charge is 2.38. The van der Waals surface area contributed by atoms with Crippen molar-refractivity contribution >= 4 is 35.4 Å². The molecule has 2 amide bonds. The largest absolute Gasteiger partial charge is 0.490 e. The van der Waals surface area contributed by atoms with Crippen LogP contribution in [-0.4, -0.2) is 82.5 Å². The van der Waals surface area contributed by atoms with E-state index in [1.54, 1.807) is 0 Å². The lowest BCUT2D eigenvalue weighted by atomic mass is 10.3. The summed E-state index contributed by atoms with van der Waals surface area (Å²) in [5, 5.41) is 19.2. The molecule has 14 nitrogen and oxygen atoms in total. The Morgan fingerprint density at radius 1 is 0.706 bits per heavy atom. The van der Waals surface area contributed by atoms with Gasteiger partial charge in [-0.25, -0.2) is 19.6 Å². The lowest BCUT2D eigenvalue weighted by Crippen LogP contribution is -2.33. The van der Waals surface area contributed by atoms with Gasteiger partial charge in [0.2, 0.25) is 0 Å². The molecule has 0 aliphatic carbocycles. The molecule has 0 spiro atoms. The maximum atomic E-state index is 11.7. The van der Waals surface area contributed by atoms with Crippen LogP contribution in [0.1, 0.15) is 21.0 Å². The molecule has 0 saturated heterocycles. The lowest BCUT2D eigenvalue weighted by Gasteiger charge is -2.09. The molecule has 20 heteroatoms. The predicted molar refractivity (Wildman–Crippen MR) is 101 cm³/mol. The number of carbonyl (C=O) groups excluding carboxylic acids is 2. The summed E-state index contributed by atoms with van der Waals surface area (Å²) in [5.41, 5.74) is 21.4. The molecule has 0 aliphatic rings. The molecule has 12 N–H and O–H groups in total. The predicted octanol–water partition coefficient (Wildman–Crippen LogP) is -1.72. The Morgan fingerprint density at radius 3 is 1.12 bits per heavy atom. The molecule has 0 aromatic carbocycles. The van der Waals surface area contributed by atoms with E-state index in [1.165, 1.54) is 0 Å². The van der Waals surface area contributed by atoms with Crippen LogP contribution in [0.25, 0.3) is 0 Å². The summed E-state index contributed by atoms with van der Waals surface area (Å²) in [4.78, 5) is 48.8. The number of alkyl halides is 6. The molecule has 1 aromatic rings. The quantitative estimate of drug-likeness (QED) is 0.199. The fourth-order valence-electron chi connectivity index (χ4n) is 1.33. The standard InChI is InChI=1S/C10H18N8O2.2C2HF3O2/c11-1-3-15-9(19)5-7(13)18-6(8(14)17-5)10(20)16-4-2-12;2*3-2(4,5)1(6)7/h1-4,11-12H2,(H2,14,17)(H2,13,18)(H,15,19)(H,16,20);2*(H,6,7). The minimum absolute atomic E-state index is 0.147. The van der Waals surface area contributed by atoms with Crippen LogP contribution in [0.15, 0.2) is 0 Å². The number of aromatic nitrogens is 2. The van der Waals surface area contributed by atoms with Crippen LogP contribution in [0.5, 0.6) is 0 Å². The molecule has 1 aromatic heterocycles. The number of anilines is 2. The number of amides is 2. The van der Waals surface area contributed by atoms with Gasteiger partial charge in [0.15, 0.2) is 23.0 Å². The molecule has 194 valence electrons. The Kier molecular flexibility index (Phi) is 13.5. The van der Waals surface area contributed by atoms with Crippen LogP contribution in [0.4, 0.5) is 38.0 Å². The third-order valence-electron chi connectivity index (χ3n) is 2.72. The van der Waals surface area contributed by atoms with Crippen LogP contribution in [-0.2, 0) is 9.59 Å². The second-order valence-corrected chi connectivity index (χ2v) is 5.39. The average Bonchev–Trinajstić information content (AvgIpc) is 2.71. The van der Waals surface area contributed by atoms with Gasteiger partial charge in [0.25, 0.3) is 11.8 Å². The van der Waals surface area contributed by atoms with Gasteiger partial charge >= 0.3 is 24.3 Å². The van der Waals surface area contributed by atoms with E-state index >= 15 is 0 Å². The van der Waals surface area contributed by atoms with Crippen molar-refractivity contribution in [1.82, 2.24) is 20.6 Å². The summed E-state index contributed by atoms with van der Waals surface area (Å²) in [7, 11) is 0. The minimum atomic E-state index is -5.08. The molecule has 0 fully saturated rings. The second kappa shape index (κ2) is 14.3. The Bertz CT molecular complexity index is 795. The molecule has 34 heavy (non-hydrogen) atoms. The first-order valence-corrected chi connectivity index (χ1v) is 8.39. The van der Waals surface area contributed by atoms with Gasteiger partial charge in [-0.1, -0.05) is 0 Å². The first-order valence-electron chi connectivity index (χ1n) is 8.39. The smallest absolute Gasteiger partial charge is 0.475 e. The zero-order valence-corrected chi connectivity index (χ0v) is 16.8. The van der Waals surface area contributed by atoms with Crippen molar-refractivity contribution in [3.8, 4) is 0 Å². The number of carbonyl (C=O) groups is 4. The summed E-state index contributed by atoms with van der Waals surface area (Å²) in [6.07, 6.45) is -10.2. The molecule has 1 heterocycles. The molecular weight excluding hydrogens is 490 g/mol. The zero-order valence-electron chi connectivity index (χ0n) is 16.8. The van der Waals surface area contributed by atoms with Crippen LogP contribution in [0, 0.1) is 0 Å². The van der Waals surface area contributed by atoms with E-state index in [4.69, 9.17) is 42.7 Å². The number of hydrogen-bond donors (Lipinski definition) is 8. The average molecular weight is 510 g/mol. The van der Waals surface area contributed by atoms with Crippen molar-refractivity contribution in [2.75, 3.05) is 37.6 Å². The van der Waals surface area contributed by atoms with E-state index in [0.717, 1.165) is 0 Å². The number of rotatable bonds is 6. The second-order valence-electron chi connectivity index (χ2n) is 5.39. The molecule has 0 atom stereocenters. The molecule has 0 radical (unpaired) electrons. The zero-order chi connectivity index (χ0) is 27.3. The fourth-order valence-corrected chi connectivity index (χ4v) is 1.33. The van der Waals surface area contributed by atoms with Crippen molar-refractivity contribution in [3.63, 3.8) is 0 Å². The number of carboxylic acid groups (broad SMARTS) is 2. The van der Waals surface area contributed by atoms with Gasteiger partial charge in [-0.15, -0.1) is 0 Å². The van der Waals surface area contributed by atoms with Gasteiger partial charge in [0, 0.05) is 26.2 Å². The van der Waals surface area contributed by atoms with E-state index < -0.39 is 36.1 Å². The third-order valence-corrected chi connectivity index (χ3v) is 2.72. The number of hydrogen-bond acceptors (Lipinski definition) is 10. The highest BCUT2D eigenvalue weighted by molar-refractivity contribution is 6.00. The molecular formula is C14H20F6N8O6. The van der Waals surface area contributed by atoms with Crippen LogP contribution in [0.2, 0.25) is 0 Å². The Morgan fingerprint density at radius 2 is 0.941 bits per heavy atom. The Hall–Kier alpha value is -3.94. The Balaban J connectivity index is 0. The number of nitrogens with two attached hydrogens (primary N) is 4. The van der Waals surface area contributed by atoms with Crippen LogP contribution >= 0.6 is 0 Å². The summed E-state index contributed by atoms with van der Waals surface area (Å²) in [6.45, 7) is 1.07.